The fraction of sp³-hybridized carbons (Fsp3) is 0.929. The van der Waals surface area contributed by atoms with Crippen molar-refractivity contribution >= 4 is 18.5 Å². The van der Waals surface area contributed by atoms with Crippen molar-refractivity contribution in [1.29, 1.82) is 0 Å². The first-order valence-electron chi connectivity index (χ1n) is 7.32. The normalized spacial score (nSPS) is 17.4. The molecule has 1 N–H and O–H groups in total. The summed E-state index contributed by atoms with van der Waals surface area (Å²) in [5.41, 5.74) is 0. The molecular weight excluding hydrogens is 246 g/mol. The monoisotopic (exact) mass is 273 g/mol. The maximum Gasteiger partial charge on any atom is 0.220 e. The summed E-state index contributed by atoms with van der Waals surface area (Å²) in [5.74, 6) is 0.914. The van der Waals surface area contributed by atoms with Gasteiger partial charge >= 0.3 is 0 Å². The van der Waals surface area contributed by atoms with Crippen LogP contribution in [0.1, 0.15) is 57.8 Å². The van der Waals surface area contributed by atoms with Gasteiger partial charge in [-0.05, 0) is 31.4 Å². The maximum atomic E-state index is 11.3. The predicted molar refractivity (Wildman–Crippen MR) is 78.2 cm³/mol. The first kappa shape index (κ1) is 15.8. The lowest BCUT2D eigenvalue weighted by Crippen LogP contribution is -2.25. The highest BCUT2D eigenvalue weighted by Gasteiger charge is 2.11. The van der Waals surface area contributed by atoms with Gasteiger partial charge in [-0.25, -0.2) is 0 Å². The number of carbonyl (C=O) groups is 1. The average molecular weight is 273 g/mol. The van der Waals surface area contributed by atoms with Crippen molar-refractivity contribution < 1.29 is 9.53 Å². The second-order valence-electron chi connectivity index (χ2n) is 5.02. The summed E-state index contributed by atoms with van der Waals surface area (Å²) in [6.07, 6.45) is 10.6. The Bertz CT molecular complexity index is 216. The van der Waals surface area contributed by atoms with Crippen LogP contribution in [0.25, 0.3) is 0 Å². The van der Waals surface area contributed by atoms with E-state index in [1.54, 1.807) is 0 Å². The molecule has 0 aromatic heterocycles. The second kappa shape index (κ2) is 10.7. The van der Waals surface area contributed by atoms with Crippen molar-refractivity contribution in [2.45, 2.75) is 63.9 Å². The van der Waals surface area contributed by atoms with Gasteiger partial charge in [-0.2, -0.15) is 12.6 Å². The molecule has 0 atom stereocenters. The molecule has 0 aromatic rings. The topological polar surface area (TPSA) is 38.3 Å². The number of ether oxygens (including phenoxy) is 1. The van der Waals surface area contributed by atoms with E-state index in [-0.39, 0.29) is 5.91 Å². The van der Waals surface area contributed by atoms with Crippen LogP contribution in [0.3, 0.4) is 0 Å². The van der Waals surface area contributed by atoms with Crippen LogP contribution in [0.15, 0.2) is 0 Å². The Morgan fingerprint density at radius 1 is 1.17 bits per heavy atom. The molecule has 4 heteroatoms. The lowest BCUT2D eigenvalue weighted by Gasteiger charge is -2.15. The SMILES string of the molecule is O=C(CCCS)NCCCOC1CCCCCC1. The molecule has 1 fully saturated rings. The van der Waals surface area contributed by atoms with Gasteiger partial charge in [0, 0.05) is 19.6 Å². The summed E-state index contributed by atoms with van der Waals surface area (Å²) >= 11 is 4.09. The molecule has 1 aliphatic rings. The number of nitrogens with one attached hydrogen (secondary N) is 1. The van der Waals surface area contributed by atoms with Crippen LogP contribution in [0, 0.1) is 0 Å². The second-order valence-corrected chi connectivity index (χ2v) is 5.46. The molecular formula is C14H27NO2S. The number of thiol groups is 1. The van der Waals surface area contributed by atoms with E-state index in [2.05, 4.69) is 17.9 Å². The Kier molecular flexibility index (Phi) is 9.40. The van der Waals surface area contributed by atoms with Crippen LogP contribution in [0.2, 0.25) is 0 Å². The Balaban J connectivity index is 1.92. The molecule has 0 unspecified atom stereocenters. The van der Waals surface area contributed by atoms with Gasteiger partial charge in [0.05, 0.1) is 6.10 Å². The van der Waals surface area contributed by atoms with Crippen molar-refractivity contribution in [1.82, 2.24) is 5.32 Å². The molecule has 0 saturated heterocycles. The Hall–Kier alpha value is -0.220. The van der Waals surface area contributed by atoms with Crippen LogP contribution in [0.4, 0.5) is 0 Å². The van der Waals surface area contributed by atoms with E-state index >= 15 is 0 Å². The fourth-order valence-corrected chi connectivity index (χ4v) is 2.44. The quantitative estimate of drug-likeness (QED) is 0.405. The molecule has 106 valence electrons. The van der Waals surface area contributed by atoms with E-state index in [1.807, 2.05) is 0 Å². The lowest BCUT2D eigenvalue weighted by atomic mass is 10.1. The molecule has 0 heterocycles. The van der Waals surface area contributed by atoms with E-state index < -0.39 is 0 Å². The summed E-state index contributed by atoms with van der Waals surface area (Å²) < 4.78 is 5.86. The summed E-state index contributed by atoms with van der Waals surface area (Å²) in [4.78, 5) is 11.3. The molecule has 0 spiro atoms. The molecule has 18 heavy (non-hydrogen) atoms. The first-order chi connectivity index (χ1) is 8.83. The minimum absolute atomic E-state index is 0.138. The molecule has 0 bridgehead atoms. The minimum atomic E-state index is 0.138. The highest BCUT2D eigenvalue weighted by molar-refractivity contribution is 7.80. The molecule has 1 amide bonds. The summed E-state index contributed by atoms with van der Waals surface area (Å²) in [6, 6.07) is 0. The van der Waals surface area contributed by atoms with E-state index in [9.17, 15) is 4.79 Å². The van der Waals surface area contributed by atoms with E-state index in [1.165, 1.54) is 38.5 Å². The van der Waals surface area contributed by atoms with Crippen LogP contribution in [-0.2, 0) is 9.53 Å². The standard InChI is InChI=1S/C14H27NO2S/c16-14(9-5-12-18)15-10-6-11-17-13-7-3-1-2-4-8-13/h13,18H,1-12H2,(H,15,16). The molecule has 1 aliphatic carbocycles. The molecule has 1 saturated carbocycles. The van der Waals surface area contributed by atoms with Gasteiger partial charge in [-0.15, -0.1) is 0 Å². The summed E-state index contributed by atoms with van der Waals surface area (Å²) in [5, 5.41) is 2.91. The van der Waals surface area contributed by atoms with Crippen molar-refractivity contribution in [3.05, 3.63) is 0 Å². The molecule has 0 aliphatic heterocycles. The van der Waals surface area contributed by atoms with Crippen molar-refractivity contribution in [3.63, 3.8) is 0 Å². The van der Waals surface area contributed by atoms with Gasteiger partial charge in [0.2, 0.25) is 5.91 Å². The zero-order chi connectivity index (χ0) is 13.1. The van der Waals surface area contributed by atoms with Gasteiger partial charge in [0.25, 0.3) is 0 Å². The largest absolute Gasteiger partial charge is 0.378 e. The summed E-state index contributed by atoms with van der Waals surface area (Å²) in [6.45, 7) is 1.51. The van der Waals surface area contributed by atoms with Gasteiger partial charge in [0.15, 0.2) is 0 Å². The third-order valence-corrected chi connectivity index (χ3v) is 3.68. The van der Waals surface area contributed by atoms with Gasteiger partial charge in [-0.1, -0.05) is 25.7 Å². The molecule has 0 radical (unpaired) electrons. The zero-order valence-corrected chi connectivity index (χ0v) is 12.2. The predicted octanol–water partition coefficient (Wildman–Crippen LogP) is 2.94. The number of hydrogen-bond donors (Lipinski definition) is 2. The highest BCUT2D eigenvalue weighted by atomic mass is 32.1. The van der Waals surface area contributed by atoms with Crippen molar-refractivity contribution in [3.8, 4) is 0 Å². The first-order valence-corrected chi connectivity index (χ1v) is 7.95. The van der Waals surface area contributed by atoms with Crippen LogP contribution >= 0.6 is 12.6 Å². The van der Waals surface area contributed by atoms with Crippen LogP contribution in [-0.4, -0.2) is 30.9 Å². The summed E-state index contributed by atoms with van der Waals surface area (Å²) in [7, 11) is 0. The smallest absolute Gasteiger partial charge is 0.220 e. The van der Waals surface area contributed by atoms with Crippen molar-refractivity contribution in [2.24, 2.45) is 0 Å². The third kappa shape index (κ3) is 7.98. The van der Waals surface area contributed by atoms with Crippen LogP contribution in [0.5, 0.6) is 0 Å². The highest BCUT2D eigenvalue weighted by Crippen LogP contribution is 2.19. The average Bonchev–Trinajstić information content (AvgIpc) is 2.64. The third-order valence-electron chi connectivity index (χ3n) is 3.36. The number of carbonyl (C=O) groups excluding carboxylic acids is 1. The number of hydrogen-bond acceptors (Lipinski definition) is 3. The Labute approximate surface area is 116 Å². The van der Waals surface area contributed by atoms with Gasteiger partial charge in [-0.3, -0.25) is 4.79 Å². The molecule has 3 nitrogen and oxygen atoms in total. The minimum Gasteiger partial charge on any atom is -0.378 e. The Morgan fingerprint density at radius 3 is 2.56 bits per heavy atom. The fourth-order valence-electron chi connectivity index (χ4n) is 2.29. The van der Waals surface area contributed by atoms with Crippen molar-refractivity contribution in [2.75, 3.05) is 18.9 Å². The lowest BCUT2D eigenvalue weighted by molar-refractivity contribution is -0.121. The van der Waals surface area contributed by atoms with E-state index in [0.29, 0.717) is 12.5 Å². The van der Waals surface area contributed by atoms with Gasteiger partial charge < -0.3 is 10.1 Å². The van der Waals surface area contributed by atoms with E-state index in [0.717, 1.165) is 31.7 Å². The van der Waals surface area contributed by atoms with Crippen LogP contribution < -0.4 is 5.32 Å². The number of rotatable bonds is 8. The zero-order valence-electron chi connectivity index (χ0n) is 11.3. The van der Waals surface area contributed by atoms with E-state index in [4.69, 9.17) is 4.74 Å². The maximum absolute atomic E-state index is 11.3. The Morgan fingerprint density at radius 2 is 1.89 bits per heavy atom. The molecule has 1 rings (SSSR count). The molecule has 0 aromatic carbocycles. The number of amides is 1. The van der Waals surface area contributed by atoms with Gasteiger partial charge in [0.1, 0.15) is 0 Å².